The van der Waals surface area contributed by atoms with Crippen LogP contribution in [0.3, 0.4) is 0 Å². The minimum Gasteiger partial charge on any atom is -0.345 e. The molecule has 0 bridgehead atoms. The fourth-order valence-electron chi connectivity index (χ4n) is 4.39. The van der Waals surface area contributed by atoms with Crippen molar-refractivity contribution in [1.82, 2.24) is 20.4 Å². The molecule has 3 aromatic rings. The van der Waals surface area contributed by atoms with E-state index in [9.17, 15) is 14.4 Å². The molecule has 1 fully saturated rings. The highest BCUT2D eigenvalue weighted by Crippen LogP contribution is 2.46. The summed E-state index contributed by atoms with van der Waals surface area (Å²) in [6.45, 7) is 2.26. The van der Waals surface area contributed by atoms with Gasteiger partial charge in [-0.25, -0.2) is 0 Å². The molecule has 1 aliphatic carbocycles. The average Bonchev–Trinajstić information content (AvgIpc) is 3.26. The Labute approximate surface area is 191 Å². The van der Waals surface area contributed by atoms with Crippen molar-refractivity contribution in [2.45, 2.75) is 31.8 Å². The summed E-state index contributed by atoms with van der Waals surface area (Å²) < 4.78 is 0. The number of carbonyl (C=O) groups is 3. The second kappa shape index (κ2) is 8.54. The molecule has 33 heavy (non-hydrogen) atoms. The third kappa shape index (κ3) is 4.24. The minimum absolute atomic E-state index is 0.197. The minimum atomic E-state index is -0.796. The molecule has 1 saturated carbocycles. The molecule has 3 atom stereocenters. The van der Waals surface area contributed by atoms with Crippen molar-refractivity contribution >= 4 is 23.5 Å². The van der Waals surface area contributed by atoms with Gasteiger partial charge in [-0.15, -0.1) is 0 Å². The van der Waals surface area contributed by atoms with Gasteiger partial charge in [0.25, 0.3) is 5.91 Å². The summed E-state index contributed by atoms with van der Waals surface area (Å²) in [4.78, 5) is 40.1. The van der Waals surface area contributed by atoms with Crippen LogP contribution in [-0.2, 0) is 16.1 Å². The number of carbonyl (C=O) groups excluding carboxylic acids is 3. The molecule has 8 heteroatoms. The van der Waals surface area contributed by atoms with Crippen LogP contribution in [0.1, 0.15) is 52.5 Å². The van der Waals surface area contributed by atoms with E-state index >= 15 is 0 Å². The number of H-pyrrole nitrogens is 1. The SMILES string of the molecule is CC1CC1c1cc(NC(=O)CNC(=O)C2c3ccccc3C(=O)N2Cc2ccccc2)n[nH]1. The predicted octanol–water partition coefficient (Wildman–Crippen LogP) is 2.99. The van der Waals surface area contributed by atoms with Gasteiger partial charge in [-0.3, -0.25) is 19.5 Å². The number of fused-ring (bicyclic) bond motifs is 1. The largest absolute Gasteiger partial charge is 0.345 e. The van der Waals surface area contributed by atoms with Gasteiger partial charge in [0.2, 0.25) is 11.8 Å². The average molecular weight is 444 g/mol. The lowest BCUT2D eigenvalue weighted by atomic mass is 10.0. The fraction of sp³-hybridized carbons (Fsp3) is 0.280. The summed E-state index contributed by atoms with van der Waals surface area (Å²) >= 11 is 0. The zero-order valence-electron chi connectivity index (χ0n) is 18.2. The van der Waals surface area contributed by atoms with E-state index in [0.717, 1.165) is 17.7 Å². The smallest absolute Gasteiger partial charge is 0.255 e. The van der Waals surface area contributed by atoms with Crippen molar-refractivity contribution < 1.29 is 14.4 Å². The standard InChI is InChI=1S/C25H25N5O3/c1-15-11-19(15)20-12-21(29-28-20)27-22(31)13-26-24(32)23-17-9-5-6-10-18(17)25(33)30(23)14-16-7-3-2-4-8-16/h2-10,12,15,19,23H,11,13-14H2,1H3,(H,26,32)(H2,27,28,29,31). The first-order valence-electron chi connectivity index (χ1n) is 11.1. The molecular weight excluding hydrogens is 418 g/mol. The van der Waals surface area contributed by atoms with Crippen molar-refractivity contribution in [3.05, 3.63) is 83.0 Å². The van der Waals surface area contributed by atoms with Crippen LogP contribution in [0.25, 0.3) is 0 Å². The summed E-state index contributed by atoms with van der Waals surface area (Å²) in [6.07, 6.45) is 1.12. The lowest BCUT2D eigenvalue weighted by molar-refractivity contribution is -0.127. The molecule has 3 unspecified atom stereocenters. The van der Waals surface area contributed by atoms with Gasteiger partial charge in [-0.05, 0) is 29.5 Å². The van der Waals surface area contributed by atoms with E-state index in [1.807, 2.05) is 36.4 Å². The number of aromatic nitrogens is 2. The van der Waals surface area contributed by atoms with E-state index < -0.39 is 11.9 Å². The number of nitrogens with one attached hydrogen (secondary N) is 3. The Morgan fingerprint density at radius 1 is 1.12 bits per heavy atom. The van der Waals surface area contributed by atoms with Gasteiger partial charge in [-0.2, -0.15) is 5.10 Å². The van der Waals surface area contributed by atoms with Crippen LogP contribution in [-0.4, -0.2) is 39.4 Å². The number of benzene rings is 2. The number of hydrogen-bond acceptors (Lipinski definition) is 4. The molecular formula is C25H25N5O3. The molecule has 3 N–H and O–H groups in total. The zero-order chi connectivity index (χ0) is 22.9. The second-order valence-electron chi connectivity index (χ2n) is 8.70. The lowest BCUT2D eigenvalue weighted by Gasteiger charge is -2.24. The number of hydrogen-bond donors (Lipinski definition) is 3. The normalized spacial score (nSPS) is 20.9. The molecule has 0 spiro atoms. The molecule has 2 aromatic carbocycles. The highest BCUT2D eigenvalue weighted by atomic mass is 16.2. The fourth-order valence-corrected chi connectivity index (χ4v) is 4.39. The maximum Gasteiger partial charge on any atom is 0.255 e. The summed E-state index contributed by atoms with van der Waals surface area (Å²) in [5.41, 5.74) is 3.09. The summed E-state index contributed by atoms with van der Waals surface area (Å²) in [5.74, 6) is 0.571. The molecule has 2 heterocycles. The summed E-state index contributed by atoms with van der Waals surface area (Å²) in [7, 11) is 0. The third-order valence-electron chi connectivity index (χ3n) is 6.30. The third-order valence-corrected chi connectivity index (χ3v) is 6.30. The Bertz CT molecular complexity index is 1210. The number of rotatable bonds is 7. The molecule has 2 aliphatic rings. The van der Waals surface area contributed by atoms with E-state index in [0.29, 0.717) is 35.3 Å². The van der Waals surface area contributed by atoms with Crippen LogP contribution in [0.5, 0.6) is 0 Å². The van der Waals surface area contributed by atoms with Gasteiger partial charge < -0.3 is 15.5 Å². The Morgan fingerprint density at radius 3 is 2.61 bits per heavy atom. The highest BCUT2D eigenvalue weighted by molar-refractivity contribution is 6.05. The zero-order valence-corrected chi connectivity index (χ0v) is 18.2. The molecule has 5 rings (SSSR count). The number of aromatic amines is 1. The number of anilines is 1. The maximum atomic E-state index is 13.1. The van der Waals surface area contributed by atoms with Crippen LogP contribution in [0.2, 0.25) is 0 Å². The lowest BCUT2D eigenvalue weighted by Crippen LogP contribution is -2.41. The van der Waals surface area contributed by atoms with Crippen LogP contribution in [0.4, 0.5) is 5.82 Å². The molecule has 3 amide bonds. The Balaban J connectivity index is 1.26. The van der Waals surface area contributed by atoms with Crippen LogP contribution < -0.4 is 10.6 Å². The van der Waals surface area contributed by atoms with E-state index in [-0.39, 0.29) is 18.4 Å². The van der Waals surface area contributed by atoms with Gasteiger partial charge in [0.05, 0.1) is 6.54 Å². The predicted molar refractivity (Wildman–Crippen MR) is 122 cm³/mol. The van der Waals surface area contributed by atoms with Crippen molar-refractivity contribution in [1.29, 1.82) is 0 Å². The first-order chi connectivity index (χ1) is 16.0. The van der Waals surface area contributed by atoms with Crippen molar-refractivity contribution in [3.63, 3.8) is 0 Å². The molecule has 1 aromatic heterocycles. The van der Waals surface area contributed by atoms with Crippen molar-refractivity contribution in [3.8, 4) is 0 Å². The first kappa shape index (κ1) is 20.9. The van der Waals surface area contributed by atoms with Crippen molar-refractivity contribution in [2.75, 3.05) is 11.9 Å². The number of amides is 3. The topological polar surface area (TPSA) is 107 Å². The monoisotopic (exact) mass is 443 g/mol. The van der Waals surface area contributed by atoms with Gasteiger partial charge >= 0.3 is 0 Å². The van der Waals surface area contributed by atoms with E-state index in [4.69, 9.17) is 0 Å². The van der Waals surface area contributed by atoms with Gasteiger partial charge in [0, 0.05) is 29.8 Å². The second-order valence-corrected chi connectivity index (χ2v) is 8.70. The van der Waals surface area contributed by atoms with E-state index in [1.165, 1.54) is 0 Å². The Kier molecular flexibility index (Phi) is 5.42. The quantitative estimate of drug-likeness (QED) is 0.522. The Hall–Kier alpha value is -3.94. The molecule has 8 nitrogen and oxygen atoms in total. The first-order valence-corrected chi connectivity index (χ1v) is 11.1. The summed E-state index contributed by atoms with van der Waals surface area (Å²) in [6, 6.07) is 17.7. The van der Waals surface area contributed by atoms with E-state index in [1.54, 1.807) is 29.2 Å². The van der Waals surface area contributed by atoms with Crippen LogP contribution in [0, 0.1) is 5.92 Å². The Morgan fingerprint density at radius 2 is 1.85 bits per heavy atom. The maximum absolute atomic E-state index is 13.1. The van der Waals surface area contributed by atoms with Crippen molar-refractivity contribution in [2.24, 2.45) is 5.92 Å². The molecule has 0 saturated heterocycles. The highest BCUT2D eigenvalue weighted by Gasteiger charge is 2.41. The number of nitrogens with zero attached hydrogens (tertiary/aromatic N) is 2. The molecule has 1 aliphatic heterocycles. The van der Waals surface area contributed by atoms with Crippen LogP contribution >= 0.6 is 0 Å². The van der Waals surface area contributed by atoms with E-state index in [2.05, 4.69) is 27.8 Å². The van der Waals surface area contributed by atoms with Gasteiger partial charge in [0.15, 0.2) is 5.82 Å². The van der Waals surface area contributed by atoms with Gasteiger partial charge in [-0.1, -0.05) is 55.5 Å². The molecule has 0 radical (unpaired) electrons. The molecule has 168 valence electrons. The van der Waals surface area contributed by atoms with Gasteiger partial charge in [0.1, 0.15) is 6.04 Å². The summed E-state index contributed by atoms with van der Waals surface area (Å²) in [5, 5.41) is 12.5. The van der Waals surface area contributed by atoms with Crippen LogP contribution in [0.15, 0.2) is 60.7 Å².